The molecule has 1 aromatic rings. The fraction of sp³-hybridized carbons (Fsp3) is 0.733. The van der Waals surface area contributed by atoms with Gasteiger partial charge in [-0.15, -0.1) is 0 Å². The van der Waals surface area contributed by atoms with Crippen LogP contribution in [0.4, 0.5) is 0 Å². The van der Waals surface area contributed by atoms with E-state index in [1.54, 1.807) is 0 Å². The highest BCUT2D eigenvalue weighted by molar-refractivity contribution is 5.20. The molecule has 19 heavy (non-hydrogen) atoms. The van der Waals surface area contributed by atoms with Crippen molar-refractivity contribution >= 4 is 0 Å². The number of aromatic nitrogens is 2. The average Bonchev–Trinajstić information content (AvgIpc) is 2.24. The van der Waals surface area contributed by atoms with Crippen LogP contribution in [0.5, 0.6) is 0 Å². The summed E-state index contributed by atoms with van der Waals surface area (Å²) in [6.07, 6.45) is 2.32. The Kier molecular flexibility index (Phi) is 5.73. The highest BCUT2D eigenvalue weighted by Crippen LogP contribution is 2.14. The molecular weight excluding hydrogens is 238 g/mol. The van der Waals surface area contributed by atoms with Gasteiger partial charge in [0.05, 0.1) is 5.56 Å². The van der Waals surface area contributed by atoms with Crippen molar-refractivity contribution in [1.82, 2.24) is 15.3 Å². The zero-order valence-electron chi connectivity index (χ0n) is 13.0. The number of rotatable bonds is 6. The molecule has 2 atom stereocenters. The molecule has 0 amide bonds. The third kappa shape index (κ3) is 4.78. The molecule has 0 fully saturated rings. The molecule has 0 aliphatic heterocycles. The second kappa shape index (κ2) is 6.85. The fourth-order valence-corrected chi connectivity index (χ4v) is 2.42. The largest absolute Gasteiger partial charge is 0.310 e. The van der Waals surface area contributed by atoms with Gasteiger partial charge in [-0.2, -0.15) is 0 Å². The van der Waals surface area contributed by atoms with E-state index in [9.17, 15) is 4.79 Å². The molecule has 0 radical (unpaired) electrons. The van der Waals surface area contributed by atoms with E-state index >= 15 is 0 Å². The Balaban J connectivity index is 2.73. The van der Waals surface area contributed by atoms with Crippen molar-refractivity contribution in [2.24, 2.45) is 5.92 Å². The minimum atomic E-state index is -0.0268. The predicted octanol–water partition coefficient (Wildman–Crippen LogP) is 2.86. The predicted molar refractivity (Wildman–Crippen MR) is 79.4 cm³/mol. The lowest BCUT2D eigenvalue weighted by atomic mass is 10.0. The minimum absolute atomic E-state index is 0.0268. The summed E-state index contributed by atoms with van der Waals surface area (Å²) in [5.41, 5.74) is 1.54. The van der Waals surface area contributed by atoms with E-state index in [1.807, 2.05) is 20.8 Å². The summed E-state index contributed by atoms with van der Waals surface area (Å²) in [5.74, 6) is 1.39. The summed E-state index contributed by atoms with van der Waals surface area (Å²) < 4.78 is 0. The highest BCUT2D eigenvalue weighted by Gasteiger charge is 2.16. The van der Waals surface area contributed by atoms with Crippen LogP contribution in [0, 0.1) is 19.8 Å². The van der Waals surface area contributed by atoms with E-state index in [-0.39, 0.29) is 11.6 Å². The molecule has 0 aliphatic rings. The molecule has 1 rings (SSSR count). The standard InChI is InChI=1S/C15H27N3O/c1-9(2)7-8-10(3)16-11(4)14-12(5)17-13(6)18-15(14)19/h9-11,16H,7-8H2,1-6H3,(H,17,18,19). The van der Waals surface area contributed by atoms with E-state index in [0.717, 1.165) is 17.7 Å². The number of nitrogens with zero attached hydrogens (tertiary/aromatic N) is 1. The molecule has 4 nitrogen and oxygen atoms in total. The molecular formula is C15H27N3O. The maximum atomic E-state index is 12.0. The number of hydrogen-bond donors (Lipinski definition) is 2. The Morgan fingerprint density at radius 2 is 1.79 bits per heavy atom. The Hall–Kier alpha value is -1.16. The van der Waals surface area contributed by atoms with Gasteiger partial charge in [-0.05, 0) is 46.5 Å². The SMILES string of the molecule is Cc1nc(C)c(C(C)NC(C)CCC(C)C)c(=O)[nH]1. The van der Waals surface area contributed by atoms with Crippen LogP contribution in [0.3, 0.4) is 0 Å². The second-order valence-electron chi connectivity index (χ2n) is 5.91. The molecule has 0 bridgehead atoms. The van der Waals surface area contributed by atoms with E-state index < -0.39 is 0 Å². The second-order valence-corrected chi connectivity index (χ2v) is 5.91. The van der Waals surface area contributed by atoms with Crippen molar-refractivity contribution in [3.05, 3.63) is 27.4 Å². The van der Waals surface area contributed by atoms with Gasteiger partial charge in [0, 0.05) is 17.8 Å². The van der Waals surface area contributed by atoms with Gasteiger partial charge in [0.1, 0.15) is 5.82 Å². The van der Waals surface area contributed by atoms with Crippen LogP contribution in [0.25, 0.3) is 0 Å². The van der Waals surface area contributed by atoms with Crippen molar-refractivity contribution in [1.29, 1.82) is 0 Å². The lowest BCUT2D eigenvalue weighted by Crippen LogP contribution is -2.33. The zero-order valence-corrected chi connectivity index (χ0v) is 13.0. The molecule has 0 aromatic carbocycles. The van der Waals surface area contributed by atoms with Crippen LogP contribution in [-0.2, 0) is 0 Å². The Morgan fingerprint density at radius 3 is 2.32 bits per heavy atom. The first kappa shape index (κ1) is 15.9. The maximum absolute atomic E-state index is 12.0. The van der Waals surface area contributed by atoms with Crippen LogP contribution in [0.2, 0.25) is 0 Å². The van der Waals surface area contributed by atoms with Crippen molar-refractivity contribution in [2.75, 3.05) is 0 Å². The van der Waals surface area contributed by atoms with E-state index in [2.05, 4.69) is 36.1 Å². The van der Waals surface area contributed by atoms with Gasteiger partial charge in [0.25, 0.3) is 5.56 Å². The number of aryl methyl sites for hydroxylation is 2. The van der Waals surface area contributed by atoms with Crippen molar-refractivity contribution in [3.63, 3.8) is 0 Å². The molecule has 0 spiro atoms. The van der Waals surface area contributed by atoms with Crippen LogP contribution in [0.1, 0.15) is 63.7 Å². The fourth-order valence-electron chi connectivity index (χ4n) is 2.42. The monoisotopic (exact) mass is 265 g/mol. The third-order valence-electron chi connectivity index (χ3n) is 3.41. The lowest BCUT2D eigenvalue weighted by Gasteiger charge is -2.21. The van der Waals surface area contributed by atoms with Gasteiger partial charge in [0.15, 0.2) is 0 Å². The molecule has 2 unspecified atom stereocenters. The summed E-state index contributed by atoms with van der Waals surface area (Å²) in [6.45, 7) is 12.4. The molecule has 4 heteroatoms. The van der Waals surface area contributed by atoms with Gasteiger partial charge < -0.3 is 10.3 Å². The summed E-state index contributed by atoms with van der Waals surface area (Å²) in [5, 5.41) is 3.49. The molecule has 0 saturated heterocycles. The van der Waals surface area contributed by atoms with Crippen molar-refractivity contribution < 1.29 is 0 Å². The summed E-state index contributed by atoms with van der Waals surface area (Å²) in [4.78, 5) is 19.1. The maximum Gasteiger partial charge on any atom is 0.255 e. The average molecular weight is 265 g/mol. The van der Waals surface area contributed by atoms with E-state index in [1.165, 1.54) is 6.42 Å². The molecule has 0 aliphatic carbocycles. The number of aromatic amines is 1. The van der Waals surface area contributed by atoms with E-state index in [4.69, 9.17) is 0 Å². The van der Waals surface area contributed by atoms with Crippen LogP contribution in [0.15, 0.2) is 4.79 Å². The molecule has 2 N–H and O–H groups in total. The smallest absolute Gasteiger partial charge is 0.255 e. The van der Waals surface area contributed by atoms with E-state index in [0.29, 0.717) is 17.8 Å². The third-order valence-corrected chi connectivity index (χ3v) is 3.41. The van der Waals surface area contributed by atoms with Gasteiger partial charge in [-0.25, -0.2) is 4.98 Å². The van der Waals surface area contributed by atoms with Crippen LogP contribution in [-0.4, -0.2) is 16.0 Å². The topological polar surface area (TPSA) is 57.8 Å². The lowest BCUT2D eigenvalue weighted by molar-refractivity contribution is 0.414. The van der Waals surface area contributed by atoms with Gasteiger partial charge in [-0.3, -0.25) is 4.79 Å². The number of hydrogen-bond acceptors (Lipinski definition) is 3. The van der Waals surface area contributed by atoms with Crippen molar-refractivity contribution in [2.45, 2.75) is 66.5 Å². The first-order chi connectivity index (χ1) is 8.81. The Bertz CT molecular complexity index is 465. The molecule has 0 saturated carbocycles. The first-order valence-corrected chi connectivity index (χ1v) is 7.14. The minimum Gasteiger partial charge on any atom is -0.310 e. The van der Waals surface area contributed by atoms with Gasteiger partial charge in [-0.1, -0.05) is 13.8 Å². The number of nitrogens with one attached hydrogen (secondary N) is 2. The van der Waals surface area contributed by atoms with Crippen LogP contribution < -0.4 is 10.9 Å². The van der Waals surface area contributed by atoms with Crippen LogP contribution >= 0.6 is 0 Å². The first-order valence-electron chi connectivity index (χ1n) is 7.14. The Morgan fingerprint density at radius 1 is 1.16 bits per heavy atom. The normalized spacial score (nSPS) is 14.7. The number of H-pyrrole nitrogens is 1. The molecule has 1 heterocycles. The molecule has 108 valence electrons. The molecule has 1 aromatic heterocycles. The highest BCUT2D eigenvalue weighted by atomic mass is 16.1. The summed E-state index contributed by atoms with van der Waals surface area (Å²) >= 11 is 0. The summed E-state index contributed by atoms with van der Waals surface area (Å²) in [6, 6.07) is 0.427. The van der Waals surface area contributed by atoms with Crippen molar-refractivity contribution in [3.8, 4) is 0 Å². The zero-order chi connectivity index (χ0) is 14.6. The van der Waals surface area contributed by atoms with Gasteiger partial charge in [0.2, 0.25) is 0 Å². The quantitative estimate of drug-likeness (QED) is 0.831. The van der Waals surface area contributed by atoms with Gasteiger partial charge >= 0.3 is 0 Å². The Labute approximate surface area is 116 Å². The summed E-state index contributed by atoms with van der Waals surface area (Å²) in [7, 11) is 0.